The van der Waals surface area contributed by atoms with Crippen molar-refractivity contribution in [2.24, 2.45) is 0 Å². The van der Waals surface area contributed by atoms with Gasteiger partial charge in [-0.1, -0.05) is 12.1 Å². The van der Waals surface area contributed by atoms with E-state index in [0.717, 1.165) is 5.56 Å². The van der Waals surface area contributed by atoms with Crippen LogP contribution in [0.5, 0.6) is 11.5 Å². The highest BCUT2D eigenvalue weighted by Crippen LogP contribution is 2.31. The Bertz CT molecular complexity index is 907. The molecule has 0 aromatic heterocycles. The Hall–Kier alpha value is -3.35. The van der Waals surface area contributed by atoms with Crippen molar-refractivity contribution in [3.05, 3.63) is 47.5 Å². The molecule has 0 saturated heterocycles. The first-order valence-electron chi connectivity index (χ1n) is 8.51. The number of hydrogen-bond acceptors (Lipinski definition) is 5. The third-order valence-electron chi connectivity index (χ3n) is 4.19. The van der Waals surface area contributed by atoms with Crippen LogP contribution in [0.2, 0.25) is 0 Å². The molecule has 2 N–H and O–H groups in total. The fourth-order valence-corrected chi connectivity index (χ4v) is 3.01. The molecule has 2 aromatic carbocycles. The Morgan fingerprint density at radius 2 is 1.89 bits per heavy atom. The number of methoxy groups -OCH3 is 1. The molecule has 0 atom stereocenters. The van der Waals surface area contributed by atoms with Crippen LogP contribution < -0.4 is 20.1 Å². The molecule has 0 fully saturated rings. The fraction of sp³-hybridized carbons (Fsp3) is 0.250. The van der Waals surface area contributed by atoms with Crippen molar-refractivity contribution in [2.45, 2.75) is 19.8 Å². The van der Waals surface area contributed by atoms with E-state index < -0.39 is 0 Å². The zero-order chi connectivity index (χ0) is 19.4. The minimum absolute atomic E-state index is 0.0967. The van der Waals surface area contributed by atoms with Crippen molar-refractivity contribution in [3.63, 3.8) is 0 Å². The van der Waals surface area contributed by atoms with Gasteiger partial charge < -0.3 is 20.1 Å². The van der Waals surface area contributed by atoms with Crippen LogP contribution in [0.1, 0.15) is 29.3 Å². The Labute approximate surface area is 156 Å². The minimum Gasteiger partial charge on any atom is -0.495 e. The average Bonchev–Trinajstić information content (AvgIpc) is 3.01. The summed E-state index contributed by atoms with van der Waals surface area (Å²) in [6.45, 7) is 1.19. The summed E-state index contributed by atoms with van der Waals surface area (Å²) in [5.41, 5.74) is 2.47. The van der Waals surface area contributed by atoms with E-state index in [4.69, 9.17) is 9.47 Å². The molecule has 0 saturated carbocycles. The Balaban J connectivity index is 1.68. The second kappa shape index (κ2) is 7.90. The monoisotopic (exact) mass is 368 g/mol. The molecule has 0 aliphatic heterocycles. The van der Waals surface area contributed by atoms with Crippen LogP contribution in [-0.2, 0) is 16.0 Å². The van der Waals surface area contributed by atoms with Crippen molar-refractivity contribution < 1.29 is 23.9 Å². The number of ketones is 1. The van der Waals surface area contributed by atoms with Gasteiger partial charge in [0.25, 0.3) is 5.91 Å². The van der Waals surface area contributed by atoms with Crippen LogP contribution in [0.15, 0.2) is 36.4 Å². The standard InChI is InChI=1S/C20H20N2O5/c1-12(23)21-13-6-9-19(26-2)16(10-13)22-20(25)11-27-18-5-3-4-14-15(18)7-8-17(14)24/h3-6,9-10H,7-8,11H2,1-2H3,(H,21,23)(H,22,25). The zero-order valence-corrected chi connectivity index (χ0v) is 15.1. The number of rotatable bonds is 6. The number of ether oxygens (including phenoxy) is 2. The maximum absolute atomic E-state index is 12.3. The van der Waals surface area contributed by atoms with Gasteiger partial charge in [0.1, 0.15) is 11.5 Å². The van der Waals surface area contributed by atoms with E-state index in [0.29, 0.717) is 41.3 Å². The third-order valence-corrected chi connectivity index (χ3v) is 4.19. The van der Waals surface area contributed by atoms with Crippen LogP contribution in [0, 0.1) is 0 Å². The number of amides is 2. The largest absolute Gasteiger partial charge is 0.495 e. The number of carbonyl (C=O) groups is 3. The fourth-order valence-electron chi connectivity index (χ4n) is 3.01. The molecule has 1 aliphatic rings. The molecule has 140 valence electrons. The van der Waals surface area contributed by atoms with Gasteiger partial charge in [-0.15, -0.1) is 0 Å². The lowest BCUT2D eigenvalue weighted by atomic mass is 10.1. The normalized spacial score (nSPS) is 12.3. The number of hydrogen-bond donors (Lipinski definition) is 2. The van der Waals surface area contributed by atoms with Gasteiger partial charge in [0.15, 0.2) is 12.4 Å². The first kappa shape index (κ1) is 18.4. The van der Waals surface area contributed by atoms with Crippen LogP contribution in [0.3, 0.4) is 0 Å². The highest BCUT2D eigenvalue weighted by atomic mass is 16.5. The van der Waals surface area contributed by atoms with Crippen LogP contribution in [0.4, 0.5) is 11.4 Å². The Morgan fingerprint density at radius 1 is 1.07 bits per heavy atom. The number of carbonyl (C=O) groups excluding carboxylic acids is 3. The molecule has 0 heterocycles. The molecular weight excluding hydrogens is 348 g/mol. The molecule has 2 amide bonds. The number of nitrogens with one attached hydrogen (secondary N) is 2. The van der Waals surface area contributed by atoms with E-state index in [9.17, 15) is 14.4 Å². The molecule has 0 unspecified atom stereocenters. The smallest absolute Gasteiger partial charge is 0.262 e. The van der Waals surface area contributed by atoms with Crippen LogP contribution in [0.25, 0.3) is 0 Å². The minimum atomic E-state index is -0.379. The van der Waals surface area contributed by atoms with E-state index in [-0.39, 0.29) is 24.2 Å². The van der Waals surface area contributed by atoms with E-state index >= 15 is 0 Å². The van der Waals surface area contributed by atoms with Gasteiger partial charge in [0.2, 0.25) is 5.91 Å². The summed E-state index contributed by atoms with van der Waals surface area (Å²) in [5.74, 6) is 0.513. The Morgan fingerprint density at radius 3 is 2.63 bits per heavy atom. The lowest BCUT2D eigenvalue weighted by Gasteiger charge is -2.13. The quantitative estimate of drug-likeness (QED) is 0.818. The van der Waals surface area contributed by atoms with Crippen LogP contribution >= 0.6 is 0 Å². The van der Waals surface area contributed by atoms with Crippen molar-refractivity contribution in [1.82, 2.24) is 0 Å². The second-order valence-electron chi connectivity index (χ2n) is 6.14. The van der Waals surface area contributed by atoms with Crippen molar-refractivity contribution in [2.75, 3.05) is 24.4 Å². The van der Waals surface area contributed by atoms with Gasteiger partial charge in [-0.25, -0.2) is 0 Å². The summed E-state index contributed by atoms with van der Waals surface area (Å²) in [7, 11) is 1.49. The van der Waals surface area contributed by atoms with Gasteiger partial charge in [-0.3, -0.25) is 14.4 Å². The molecule has 7 heteroatoms. The second-order valence-corrected chi connectivity index (χ2v) is 6.14. The summed E-state index contributed by atoms with van der Waals surface area (Å²) < 4.78 is 10.9. The van der Waals surface area contributed by atoms with E-state index in [1.807, 2.05) is 0 Å². The topological polar surface area (TPSA) is 93.7 Å². The molecule has 2 aromatic rings. The highest BCUT2D eigenvalue weighted by Gasteiger charge is 2.23. The van der Waals surface area contributed by atoms with Gasteiger partial charge in [-0.2, -0.15) is 0 Å². The molecule has 0 radical (unpaired) electrons. The average molecular weight is 368 g/mol. The lowest BCUT2D eigenvalue weighted by Crippen LogP contribution is -2.21. The van der Waals surface area contributed by atoms with Crippen molar-refractivity contribution in [1.29, 1.82) is 0 Å². The summed E-state index contributed by atoms with van der Waals surface area (Å²) in [5, 5.41) is 5.37. The van der Waals surface area contributed by atoms with Gasteiger partial charge >= 0.3 is 0 Å². The number of Topliss-reactive ketones (excluding diaryl/α,β-unsaturated/α-hetero) is 1. The maximum Gasteiger partial charge on any atom is 0.262 e. The molecule has 0 bridgehead atoms. The first-order chi connectivity index (χ1) is 13.0. The van der Waals surface area contributed by atoms with Crippen molar-refractivity contribution >= 4 is 29.0 Å². The number of fused-ring (bicyclic) bond motifs is 1. The van der Waals surface area contributed by atoms with Gasteiger partial charge in [-0.05, 0) is 30.7 Å². The third kappa shape index (κ3) is 4.25. The first-order valence-corrected chi connectivity index (χ1v) is 8.51. The highest BCUT2D eigenvalue weighted by molar-refractivity contribution is 6.01. The SMILES string of the molecule is COc1ccc(NC(C)=O)cc1NC(=O)COc1cccc2c1CCC2=O. The van der Waals surface area contributed by atoms with E-state index in [2.05, 4.69) is 10.6 Å². The summed E-state index contributed by atoms with van der Waals surface area (Å²) in [6.07, 6.45) is 1.09. The Kier molecular flexibility index (Phi) is 5.40. The molecule has 27 heavy (non-hydrogen) atoms. The van der Waals surface area contributed by atoms with Crippen molar-refractivity contribution in [3.8, 4) is 11.5 Å². The molecule has 0 spiro atoms. The molecule has 1 aliphatic carbocycles. The summed E-state index contributed by atoms with van der Waals surface area (Å²) in [6, 6.07) is 10.2. The maximum atomic E-state index is 12.3. The van der Waals surface area contributed by atoms with E-state index in [1.165, 1.54) is 14.0 Å². The zero-order valence-electron chi connectivity index (χ0n) is 15.1. The van der Waals surface area contributed by atoms with Gasteiger partial charge in [0, 0.05) is 30.2 Å². The van der Waals surface area contributed by atoms with Gasteiger partial charge in [0.05, 0.1) is 12.8 Å². The number of benzene rings is 2. The number of anilines is 2. The molecule has 7 nitrogen and oxygen atoms in total. The summed E-state index contributed by atoms with van der Waals surface area (Å²) in [4.78, 5) is 35.3. The van der Waals surface area contributed by atoms with Crippen LogP contribution in [-0.4, -0.2) is 31.3 Å². The van der Waals surface area contributed by atoms with E-state index in [1.54, 1.807) is 36.4 Å². The molecule has 3 rings (SSSR count). The lowest BCUT2D eigenvalue weighted by molar-refractivity contribution is -0.118. The molecular formula is C20H20N2O5. The predicted octanol–water partition coefficient (Wildman–Crippen LogP) is 2.80. The summed E-state index contributed by atoms with van der Waals surface area (Å²) >= 11 is 0. The predicted molar refractivity (Wildman–Crippen MR) is 101 cm³/mol.